The van der Waals surface area contributed by atoms with E-state index in [2.05, 4.69) is 23.0 Å². The summed E-state index contributed by atoms with van der Waals surface area (Å²) in [5, 5.41) is 4.41. The average Bonchev–Trinajstić information content (AvgIpc) is 2.68. The number of hydrogen-bond acceptors (Lipinski definition) is 4. The van der Waals surface area contributed by atoms with Crippen LogP contribution in [0.2, 0.25) is 0 Å². The summed E-state index contributed by atoms with van der Waals surface area (Å²) in [6, 6.07) is 2.11. The topological polar surface area (TPSA) is 47.4 Å². The largest absolute Gasteiger partial charge is 0.466 e. The zero-order valence-electron chi connectivity index (χ0n) is 11.8. The van der Waals surface area contributed by atoms with Crippen molar-refractivity contribution < 1.29 is 9.53 Å². The minimum absolute atomic E-state index is 0.136. The number of carbonyl (C=O) groups is 1. The molecule has 1 aromatic heterocycles. The van der Waals surface area contributed by atoms with E-state index in [1.165, 1.54) is 5.69 Å². The second-order valence-electron chi connectivity index (χ2n) is 4.40. The van der Waals surface area contributed by atoms with Gasteiger partial charge in [-0.3, -0.25) is 14.4 Å². The normalized spacial score (nSPS) is 10.9. The molecular weight excluding hydrogens is 230 g/mol. The highest BCUT2D eigenvalue weighted by atomic mass is 16.5. The zero-order chi connectivity index (χ0) is 13.5. The van der Waals surface area contributed by atoms with Crippen LogP contribution in [0.3, 0.4) is 0 Å². The molecule has 1 aromatic rings. The second kappa shape index (κ2) is 7.16. The fourth-order valence-electron chi connectivity index (χ4n) is 1.76. The second-order valence-corrected chi connectivity index (χ2v) is 4.40. The summed E-state index contributed by atoms with van der Waals surface area (Å²) in [5.41, 5.74) is 2.27. The molecule has 18 heavy (non-hydrogen) atoms. The average molecular weight is 253 g/mol. The first kappa shape index (κ1) is 14.7. The third-order valence-electron chi connectivity index (χ3n) is 2.82. The minimum Gasteiger partial charge on any atom is -0.466 e. The molecule has 0 aliphatic carbocycles. The van der Waals surface area contributed by atoms with Crippen LogP contribution in [-0.2, 0) is 29.5 Å². The molecule has 0 aliphatic rings. The predicted molar refractivity (Wildman–Crippen MR) is 70.2 cm³/mol. The molecule has 5 nitrogen and oxygen atoms in total. The number of ether oxygens (including phenoxy) is 1. The fraction of sp³-hybridized carbons (Fsp3) is 0.692. The zero-order valence-corrected chi connectivity index (χ0v) is 11.8. The van der Waals surface area contributed by atoms with Crippen molar-refractivity contribution in [3.8, 4) is 0 Å². The molecule has 0 N–H and O–H groups in total. The maximum Gasteiger partial charge on any atom is 0.307 e. The van der Waals surface area contributed by atoms with Crippen molar-refractivity contribution in [3.63, 3.8) is 0 Å². The van der Waals surface area contributed by atoms with Gasteiger partial charge in [0.2, 0.25) is 0 Å². The molecule has 102 valence electrons. The Morgan fingerprint density at radius 2 is 2.22 bits per heavy atom. The van der Waals surface area contributed by atoms with Crippen molar-refractivity contribution in [2.24, 2.45) is 7.05 Å². The lowest BCUT2D eigenvalue weighted by atomic mass is 10.3. The lowest BCUT2D eigenvalue weighted by molar-refractivity contribution is -0.143. The van der Waals surface area contributed by atoms with Crippen LogP contribution >= 0.6 is 0 Å². The molecule has 0 amide bonds. The van der Waals surface area contributed by atoms with Crippen LogP contribution in [0, 0.1) is 0 Å². The van der Waals surface area contributed by atoms with E-state index in [4.69, 9.17) is 4.74 Å². The monoisotopic (exact) mass is 253 g/mol. The Kier molecular flexibility index (Phi) is 5.85. The SMILES string of the molecule is CCOC(=O)CCN(C)Cc1cc(CC)nn1C. The highest BCUT2D eigenvalue weighted by Crippen LogP contribution is 2.07. The van der Waals surface area contributed by atoms with Gasteiger partial charge in [-0.2, -0.15) is 5.10 Å². The maximum absolute atomic E-state index is 11.3. The quantitative estimate of drug-likeness (QED) is 0.689. The van der Waals surface area contributed by atoms with Crippen molar-refractivity contribution in [1.82, 2.24) is 14.7 Å². The summed E-state index contributed by atoms with van der Waals surface area (Å²) in [4.78, 5) is 13.4. The van der Waals surface area contributed by atoms with E-state index >= 15 is 0 Å². The van der Waals surface area contributed by atoms with Crippen molar-refractivity contribution in [1.29, 1.82) is 0 Å². The van der Waals surface area contributed by atoms with Crippen LogP contribution in [0.15, 0.2) is 6.07 Å². The molecular formula is C13H23N3O2. The molecule has 0 aliphatic heterocycles. The predicted octanol–water partition coefficient (Wildman–Crippen LogP) is 1.37. The Bertz CT molecular complexity index is 388. The molecule has 1 rings (SSSR count). The summed E-state index contributed by atoms with van der Waals surface area (Å²) in [5.74, 6) is -0.136. The molecule has 0 fully saturated rings. The van der Waals surface area contributed by atoms with E-state index in [0.717, 1.165) is 18.7 Å². The van der Waals surface area contributed by atoms with Gasteiger partial charge in [0.1, 0.15) is 0 Å². The van der Waals surface area contributed by atoms with Crippen LogP contribution in [0.5, 0.6) is 0 Å². The highest BCUT2D eigenvalue weighted by molar-refractivity contribution is 5.69. The molecule has 5 heteroatoms. The van der Waals surface area contributed by atoms with E-state index in [0.29, 0.717) is 19.6 Å². The van der Waals surface area contributed by atoms with E-state index in [9.17, 15) is 4.79 Å². The summed E-state index contributed by atoms with van der Waals surface area (Å²) in [6.07, 6.45) is 1.38. The van der Waals surface area contributed by atoms with Gasteiger partial charge >= 0.3 is 5.97 Å². The number of aromatic nitrogens is 2. The van der Waals surface area contributed by atoms with Gasteiger partial charge in [-0.1, -0.05) is 6.92 Å². The van der Waals surface area contributed by atoms with E-state index in [-0.39, 0.29) is 5.97 Å². The molecule has 0 atom stereocenters. The summed E-state index contributed by atoms with van der Waals surface area (Å²) in [7, 11) is 3.95. The Hall–Kier alpha value is -1.36. The maximum atomic E-state index is 11.3. The summed E-state index contributed by atoms with van der Waals surface area (Å²) >= 11 is 0. The van der Waals surface area contributed by atoms with Gasteiger partial charge in [-0.15, -0.1) is 0 Å². The van der Waals surface area contributed by atoms with Crippen LogP contribution < -0.4 is 0 Å². The standard InChI is InChI=1S/C13H23N3O2/c1-5-11-9-12(16(4)14-11)10-15(3)8-7-13(17)18-6-2/h9H,5-8,10H2,1-4H3. The van der Waals surface area contributed by atoms with Gasteiger partial charge in [0.05, 0.1) is 24.4 Å². The van der Waals surface area contributed by atoms with Crippen molar-refractivity contribution >= 4 is 5.97 Å². The number of nitrogens with zero attached hydrogens (tertiary/aromatic N) is 3. The Morgan fingerprint density at radius 3 is 2.78 bits per heavy atom. The summed E-state index contributed by atoms with van der Waals surface area (Å²) in [6.45, 7) is 5.86. The molecule has 1 heterocycles. The highest BCUT2D eigenvalue weighted by Gasteiger charge is 2.09. The minimum atomic E-state index is -0.136. The molecule has 0 aromatic carbocycles. The lowest BCUT2D eigenvalue weighted by Crippen LogP contribution is -2.23. The molecule has 0 saturated heterocycles. The van der Waals surface area contributed by atoms with E-state index < -0.39 is 0 Å². The number of hydrogen-bond donors (Lipinski definition) is 0. The van der Waals surface area contributed by atoms with Gasteiger partial charge in [0, 0.05) is 20.1 Å². The van der Waals surface area contributed by atoms with E-state index in [1.807, 2.05) is 25.7 Å². The van der Waals surface area contributed by atoms with E-state index in [1.54, 1.807) is 0 Å². The van der Waals surface area contributed by atoms with Crippen molar-refractivity contribution in [3.05, 3.63) is 17.5 Å². The van der Waals surface area contributed by atoms with Crippen molar-refractivity contribution in [2.45, 2.75) is 33.2 Å². The first-order chi connectivity index (χ1) is 8.56. The van der Waals surface area contributed by atoms with Gasteiger partial charge in [-0.05, 0) is 26.5 Å². The van der Waals surface area contributed by atoms with Gasteiger partial charge in [-0.25, -0.2) is 0 Å². The third-order valence-corrected chi connectivity index (χ3v) is 2.82. The van der Waals surface area contributed by atoms with Crippen LogP contribution in [-0.4, -0.2) is 40.8 Å². The Morgan fingerprint density at radius 1 is 1.50 bits per heavy atom. The fourth-order valence-corrected chi connectivity index (χ4v) is 1.76. The first-order valence-electron chi connectivity index (χ1n) is 6.42. The first-order valence-corrected chi connectivity index (χ1v) is 6.42. The Balaban J connectivity index is 2.41. The number of aryl methyl sites for hydroxylation is 2. The smallest absolute Gasteiger partial charge is 0.307 e. The molecule has 0 radical (unpaired) electrons. The van der Waals surface area contributed by atoms with Crippen molar-refractivity contribution in [2.75, 3.05) is 20.2 Å². The van der Waals surface area contributed by atoms with Gasteiger partial charge in [0.15, 0.2) is 0 Å². The van der Waals surface area contributed by atoms with Crippen LogP contribution in [0.1, 0.15) is 31.7 Å². The third kappa shape index (κ3) is 4.49. The van der Waals surface area contributed by atoms with Crippen LogP contribution in [0.25, 0.3) is 0 Å². The lowest BCUT2D eigenvalue weighted by Gasteiger charge is -2.15. The number of esters is 1. The van der Waals surface area contributed by atoms with Gasteiger partial charge in [0.25, 0.3) is 0 Å². The summed E-state index contributed by atoms with van der Waals surface area (Å²) < 4.78 is 6.81. The molecule has 0 saturated carbocycles. The number of carbonyl (C=O) groups excluding carboxylic acids is 1. The van der Waals surface area contributed by atoms with Crippen LogP contribution in [0.4, 0.5) is 0 Å². The molecule has 0 spiro atoms. The Labute approximate surface area is 109 Å². The molecule has 0 bridgehead atoms. The molecule has 0 unspecified atom stereocenters. The van der Waals surface area contributed by atoms with Gasteiger partial charge < -0.3 is 4.74 Å². The number of rotatable bonds is 7.